The lowest BCUT2D eigenvalue weighted by molar-refractivity contribution is -0.335. The molecule has 4 heterocycles. The maximum absolute atomic E-state index is 12.4. The van der Waals surface area contributed by atoms with E-state index < -0.39 is 284 Å². The third-order valence-corrected chi connectivity index (χ3v) is 17.1. The Hall–Kier alpha value is -2.01. The fourth-order valence-corrected chi connectivity index (χ4v) is 14.6. The summed E-state index contributed by atoms with van der Waals surface area (Å²) in [5.41, 5.74) is 0. The quantitative estimate of drug-likeness (QED) is 0.0257. The molecule has 4 aliphatic rings. The summed E-state index contributed by atoms with van der Waals surface area (Å²) in [5, 5.41) is 0. The fourth-order valence-electron chi connectivity index (χ4n) is 8.36. The van der Waals surface area contributed by atoms with Crippen molar-refractivity contribution in [3.05, 3.63) is 0 Å². The van der Waals surface area contributed by atoms with Crippen molar-refractivity contribution in [3.8, 4) is 0 Å². The minimum Gasteiger partial charge on any atom is -0.353 e. The molecule has 0 radical (unpaired) electrons. The van der Waals surface area contributed by atoms with Crippen LogP contribution in [-0.2, 0) is 227 Å². The summed E-state index contributed by atoms with van der Waals surface area (Å²) in [6.45, 7) is -8.52. The molecule has 0 unspecified atom stereocenters. The SMILES string of the molecule is CO[C@H]1O[C@H](CO[C@@H]2O[C@H](CO[C@@H]3O[C@H](CO[C@@H]4O[C@H](COS(=O)(=O)O)[C@@H](OS(=O)(=O)O)[C@H](OS(=O)(=O)O)[C@H]4OS(=O)(=O)O)[C@@H](OS(=O)(=O)O)[C@H](OS(=O)(=O)O)[C@H]3OS(=O)(=O)O)[C@@H](OS(=O)(=O)O)[C@H](OS(=O)(=O)O)[C@H]2OS(=O)(=O)O)[C@@H](OS(=O)(=O)O)[C@H](OS(=O)(=O)O)[C@H]1OS(=O)(=O)O. The lowest BCUT2D eigenvalue weighted by Gasteiger charge is -2.46. The van der Waals surface area contributed by atoms with Gasteiger partial charge in [0.25, 0.3) is 0 Å². The Kier molecular flexibility index (Phi) is 29.2. The van der Waals surface area contributed by atoms with Crippen LogP contribution < -0.4 is 0 Å². The molecule has 0 aromatic carbocycles. The fraction of sp³-hybridized carbons (Fsp3) is 1.00. The van der Waals surface area contributed by atoms with Gasteiger partial charge < -0.3 is 37.9 Å². The van der Waals surface area contributed by atoms with Crippen molar-refractivity contribution in [2.45, 2.75) is 123 Å². The second-order valence-electron chi connectivity index (χ2n) is 18.0. The molecule has 4 fully saturated rings. The second kappa shape index (κ2) is 32.4. The van der Waals surface area contributed by atoms with Gasteiger partial charge in [0.15, 0.2) is 49.6 Å². The van der Waals surface area contributed by atoms with Gasteiger partial charge in [-0.2, -0.15) is 109 Å². The van der Waals surface area contributed by atoms with E-state index in [9.17, 15) is 169 Å². The Balaban J connectivity index is 2.03. The predicted molar refractivity (Wildman–Crippen MR) is 274 cm³/mol. The van der Waals surface area contributed by atoms with Crippen LogP contribution in [0.15, 0.2) is 0 Å². The number of rotatable bonds is 37. The summed E-state index contributed by atoms with van der Waals surface area (Å²) in [4.78, 5) is 0. The van der Waals surface area contributed by atoms with Gasteiger partial charge in [-0.05, 0) is 0 Å². The minimum absolute atomic E-state index is 0.473. The Bertz CT molecular complexity index is 4340. The highest BCUT2D eigenvalue weighted by Crippen LogP contribution is 2.39. The van der Waals surface area contributed by atoms with Gasteiger partial charge in [0.1, 0.15) is 73.2 Å². The van der Waals surface area contributed by atoms with Gasteiger partial charge in [-0.1, -0.05) is 0 Å². The molecule has 582 valence electrons. The Labute approximate surface area is 549 Å². The van der Waals surface area contributed by atoms with E-state index in [0.717, 1.165) is 0 Å². The maximum atomic E-state index is 12.4. The monoisotopic (exact) mass is 1720 g/mol. The molecule has 13 N–H and O–H groups in total. The zero-order valence-electron chi connectivity index (χ0n) is 45.7. The molecule has 4 rings (SSSR count). The van der Waals surface area contributed by atoms with E-state index in [0.29, 0.717) is 7.11 Å². The number of hydrogen-bond donors (Lipinski definition) is 13. The predicted octanol–water partition coefficient (Wildman–Crippen LogP) is -11.3. The van der Waals surface area contributed by atoms with Crippen LogP contribution in [0.25, 0.3) is 0 Å². The normalized spacial score (nSPS) is 32.9. The largest absolute Gasteiger partial charge is 0.397 e. The molecule has 73 heteroatoms. The first-order valence-electron chi connectivity index (χ1n) is 23.1. The average molecular weight is 1720 g/mol. The van der Waals surface area contributed by atoms with E-state index in [1.165, 1.54) is 0 Å². The van der Waals surface area contributed by atoms with Crippen LogP contribution in [-0.4, -0.2) is 325 Å². The molecule has 60 nitrogen and oxygen atoms in total. The first-order chi connectivity index (χ1) is 43.6. The van der Waals surface area contributed by atoms with Crippen molar-refractivity contribution < 1.29 is 261 Å². The molecule has 98 heavy (non-hydrogen) atoms. The lowest BCUT2D eigenvalue weighted by atomic mass is 9.97. The van der Waals surface area contributed by atoms with Crippen LogP contribution in [0, 0.1) is 0 Å². The summed E-state index contributed by atoms with van der Waals surface area (Å²) in [6, 6.07) is 0. The molecule has 0 aromatic heterocycles. The third kappa shape index (κ3) is 31.4. The molecule has 0 saturated carbocycles. The highest BCUT2D eigenvalue weighted by atomic mass is 32.3. The minimum atomic E-state index is -6.53. The summed E-state index contributed by atoms with van der Waals surface area (Å²) >= 11 is 0. The van der Waals surface area contributed by atoms with Gasteiger partial charge in [0.2, 0.25) is 0 Å². The topological polar surface area (TPSA) is 901 Å². The van der Waals surface area contributed by atoms with Gasteiger partial charge in [-0.15, -0.1) is 0 Å². The van der Waals surface area contributed by atoms with Crippen molar-refractivity contribution in [1.29, 1.82) is 0 Å². The lowest BCUT2D eigenvalue weighted by Crippen LogP contribution is -2.66. The van der Waals surface area contributed by atoms with Crippen LogP contribution in [0.3, 0.4) is 0 Å². The average Bonchev–Trinajstić information content (AvgIpc) is 0.781. The molecule has 20 atom stereocenters. The van der Waals surface area contributed by atoms with Crippen molar-refractivity contribution in [1.82, 2.24) is 0 Å². The van der Waals surface area contributed by atoms with Crippen molar-refractivity contribution in [2.24, 2.45) is 0 Å². The molecule has 0 aliphatic carbocycles. The van der Waals surface area contributed by atoms with E-state index in [2.05, 4.69) is 54.4 Å². The molecule has 0 amide bonds. The molecule has 0 aromatic rings. The van der Waals surface area contributed by atoms with Gasteiger partial charge in [0.05, 0.1) is 26.4 Å². The van der Waals surface area contributed by atoms with E-state index in [1.54, 1.807) is 0 Å². The summed E-state index contributed by atoms with van der Waals surface area (Å²) in [7, 11) is -81.6. The molecule has 4 aliphatic heterocycles. The van der Waals surface area contributed by atoms with Crippen molar-refractivity contribution >= 4 is 135 Å². The highest BCUT2D eigenvalue weighted by molar-refractivity contribution is 7.83. The van der Waals surface area contributed by atoms with Crippen molar-refractivity contribution in [2.75, 3.05) is 33.5 Å². The van der Waals surface area contributed by atoms with E-state index in [1.807, 2.05) is 0 Å². The molecule has 0 spiro atoms. The summed E-state index contributed by atoms with van der Waals surface area (Å²) < 4.78 is 537. The van der Waals surface area contributed by atoms with Gasteiger partial charge in [0, 0.05) is 7.11 Å². The summed E-state index contributed by atoms with van der Waals surface area (Å²) in [6.07, 6.45) is -66.5. The Morgan fingerprint density at radius 1 is 0.214 bits per heavy atom. The van der Waals surface area contributed by atoms with Gasteiger partial charge in [-0.25, -0.2) is 54.4 Å². The molecule has 4 saturated heterocycles. The first kappa shape index (κ1) is 88.4. The van der Waals surface area contributed by atoms with Crippen LogP contribution in [0.4, 0.5) is 0 Å². The third-order valence-electron chi connectivity index (χ3n) is 11.0. The maximum Gasteiger partial charge on any atom is 0.397 e. The van der Waals surface area contributed by atoms with Crippen LogP contribution in [0.2, 0.25) is 0 Å². The smallest absolute Gasteiger partial charge is 0.353 e. The van der Waals surface area contributed by atoms with Gasteiger partial charge in [-0.3, -0.25) is 59.2 Å². The zero-order valence-corrected chi connectivity index (χ0v) is 56.3. The first-order valence-corrected chi connectivity index (χ1v) is 40.8. The van der Waals surface area contributed by atoms with Gasteiger partial charge >= 0.3 is 135 Å². The Morgan fingerprint density at radius 3 is 0.541 bits per heavy atom. The summed E-state index contributed by atoms with van der Waals surface area (Å²) in [5.74, 6) is 0. The number of methoxy groups -OCH3 is 1. The van der Waals surface area contributed by atoms with Crippen LogP contribution in [0.1, 0.15) is 0 Å². The van der Waals surface area contributed by atoms with E-state index >= 15 is 0 Å². The van der Waals surface area contributed by atoms with Crippen LogP contribution in [0.5, 0.6) is 0 Å². The van der Waals surface area contributed by atoms with Crippen LogP contribution >= 0.6 is 0 Å². The van der Waals surface area contributed by atoms with E-state index in [4.69, 9.17) is 37.9 Å². The molecule has 0 bridgehead atoms. The molecular formula is C25H44O60S13. The van der Waals surface area contributed by atoms with Crippen molar-refractivity contribution in [3.63, 3.8) is 0 Å². The highest BCUT2D eigenvalue weighted by Gasteiger charge is 2.61. The second-order valence-corrected chi connectivity index (χ2v) is 31.6. The molecular weight excluding hydrogens is 1680 g/mol. The number of hydrogen-bond acceptors (Lipinski definition) is 47. The number of ether oxygens (including phenoxy) is 8. The zero-order chi connectivity index (χ0) is 75.7. The standard InChI is InChI=1S/C25H44O60S13/c1-65-22-18(82-95(53,54)55)14(78-91(41,42)43)10(74-87(29,30)31)6(70-22)2-66-23-19(83-96(56,57)58)15(79-92(44,45)46)11(75-88(32,33)34)7(71-23)3-67-24-20(84-97(59,60)61)16(80-93(47,48)49)12(76-89(35,36)37)8(72-24)4-68-25-21(85-98(62,63)64)17(81-94(50,51)52)13(77-90(38,39)40)9(73-25)5-69-86(26,27)28/h6-25H,2-5H2,1H3,(H,26,27,28)(H,29,30,31)(H,32,33,34)(H,35,36,37)(H,38,39,40)(H,41,42,43)(H,44,45,46)(H,47,48,49)(H,50,51,52)(H,53,54,55)(H,56,57,58)(H,59,60,61)(H,62,63,64)/t6-,7-,8-,9-,10-,11-,12-,13-,14+,15+,16+,17+,18-,19-,20-,21-,22+,23-,24-,25-/m1/s1. The van der Waals surface area contributed by atoms with E-state index in [-0.39, 0.29) is 0 Å². The Morgan fingerprint density at radius 2 is 0.367 bits per heavy atom.